The van der Waals surface area contributed by atoms with Gasteiger partial charge in [0.05, 0.1) is 11.1 Å². The normalized spacial score (nSPS) is 14.2. The second-order valence-corrected chi connectivity index (χ2v) is 20.3. The minimum Gasteiger partial charge on any atom is -0.465 e. The summed E-state index contributed by atoms with van der Waals surface area (Å²) in [5.41, 5.74) is 23.0. The monoisotopic (exact) mass is 1000 g/mol. The molecule has 2 heteroatoms. The lowest BCUT2D eigenvalue weighted by Crippen LogP contribution is -2.29. The van der Waals surface area contributed by atoms with Gasteiger partial charge in [0.2, 0.25) is 0 Å². The number of aryl methyl sites for hydroxylation is 6. The minimum atomic E-state index is -0.572. The van der Waals surface area contributed by atoms with Gasteiger partial charge >= 0.3 is 0 Å². The number of hydrogen-bond acceptors (Lipinski definition) is 2. The van der Waals surface area contributed by atoms with E-state index in [1.807, 2.05) is 38.2 Å². The van der Waals surface area contributed by atoms with Gasteiger partial charge in [-0.25, -0.2) is 0 Å². The highest BCUT2D eigenvalue weighted by molar-refractivity contribution is 5.98. The van der Waals surface area contributed by atoms with Crippen LogP contribution in [0, 0.1) is 34.6 Å². The van der Waals surface area contributed by atoms with E-state index >= 15 is 0 Å². The van der Waals surface area contributed by atoms with Gasteiger partial charge in [0.15, 0.2) is 0 Å². The fourth-order valence-electron chi connectivity index (χ4n) is 11.6. The van der Waals surface area contributed by atoms with Crippen LogP contribution in [0.2, 0.25) is 0 Å². The molecule has 0 aliphatic heterocycles. The van der Waals surface area contributed by atoms with Gasteiger partial charge in [0.1, 0.15) is 11.5 Å². The van der Waals surface area contributed by atoms with Crippen molar-refractivity contribution in [1.29, 1.82) is 0 Å². The number of rotatable bonds is 13. The molecule has 6 aromatic carbocycles. The van der Waals surface area contributed by atoms with Gasteiger partial charge in [-0.05, 0) is 169 Å². The molecule has 7 aromatic rings. The van der Waals surface area contributed by atoms with E-state index < -0.39 is 5.41 Å². The van der Waals surface area contributed by atoms with Gasteiger partial charge < -0.3 is 9.32 Å². The summed E-state index contributed by atoms with van der Waals surface area (Å²) >= 11 is 0. The Morgan fingerprint density at radius 2 is 1.29 bits per heavy atom. The molecule has 10 rings (SSSR count). The zero-order chi connectivity index (χ0) is 54.4. The molecular weight excluding hydrogens is 919 g/mol. The summed E-state index contributed by atoms with van der Waals surface area (Å²) in [6.07, 6.45) is 27.4. The van der Waals surface area contributed by atoms with Gasteiger partial charge in [-0.2, -0.15) is 0 Å². The number of hydrogen-bond donors (Lipinski definition) is 0. The SMILES string of the molecule is C=C/C=C(\C=C)CC.C=Cc1c(C)cc2c(c1C=C)-c1ccc(N(C3=CCCc4oc(C)c(/C=C\CC)c43)c3ccc(C)cc3)cc1C2(c1ccccc1)c1ccccc1.CC.Cc1ccc(C2CCCCC2)cc1C. The molecule has 390 valence electrons. The molecule has 1 saturated carbocycles. The number of nitrogens with zero attached hydrogens (tertiary/aromatic N) is 1. The Balaban J connectivity index is 0.000000289. The topological polar surface area (TPSA) is 16.4 Å². The van der Waals surface area contributed by atoms with E-state index in [1.165, 1.54) is 104 Å². The van der Waals surface area contributed by atoms with Crippen LogP contribution in [0.5, 0.6) is 0 Å². The molecule has 0 N–H and O–H groups in total. The number of benzene rings is 6. The third-order valence-corrected chi connectivity index (χ3v) is 15.6. The Morgan fingerprint density at radius 3 is 1.86 bits per heavy atom. The van der Waals surface area contributed by atoms with Crippen LogP contribution in [0.15, 0.2) is 194 Å². The highest BCUT2D eigenvalue weighted by Gasteiger charge is 2.48. The minimum absolute atomic E-state index is 0.572. The maximum absolute atomic E-state index is 6.49. The lowest BCUT2D eigenvalue weighted by molar-refractivity contribution is 0.443. The van der Waals surface area contributed by atoms with Crippen LogP contribution in [0.3, 0.4) is 0 Å². The summed E-state index contributed by atoms with van der Waals surface area (Å²) in [5, 5.41) is 0. The van der Waals surface area contributed by atoms with Crippen LogP contribution in [0.25, 0.3) is 35.1 Å². The fourth-order valence-corrected chi connectivity index (χ4v) is 11.6. The molecular formula is C74H83NO. The molecule has 2 nitrogen and oxygen atoms in total. The summed E-state index contributed by atoms with van der Waals surface area (Å²) in [7, 11) is 0. The van der Waals surface area contributed by atoms with E-state index in [-0.39, 0.29) is 0 Å². The number of anilines is 2. The van der Waals surface area contributed by atoms with Crippen LogP contribution in [-0.4, -0.2) is 0 Å². The maximum atomic E-state index is 6.49. The summed E-state index contributed by atoms with van der Waals surface area (Å²) < 4.78 is 6.49. The largest absolute Gasteiger partial charge is 0.465 e. The summed E-state index contributed by atoms with van der Waals surface area (Å²) in [6.45, 7) is 34.9. The van der Waals surface area contributed by atoms with E-state index in [4.69, 9.17) is 4.42 Å². The maximum Gasteiger partial charge on any atom is 0.114 e. The van der Waals surface area contributed by atoms with Crippen molar-refractivity contribution in [2.75, 3.05) is 4.90 Å². The van der Waals surface area contributed by atoms with Crippen molar-refractivity contribution < 1.29 is 4.42 Å². The Morgan fingerprint density at radius 1 is 0.645 bits per heavy atom. The third kappa shape index (κ3) is 11.5. The third-order valence-electron chi connectivity index (χ3n) is 15.6. The van der Waals surface area contributed by atoms with Crippen LogP contribution in [-0.2, 0) is 11.8 Å². The number of fused-ring (bicyclic) bond motifs is 4. The van der Waals surface area contributed by atoms with E-state index in [2.05, 4.69) is 225 Å². The smallest absolute Gasteiger partial charge is 0.114 e. The fraction of sp³-hybridized carbons (Fsp3) is 0.270. The first kappa shape index (κ1) is 56.3. The summed E-state index contributed by atoms with van der Waals surface area (Å²) in [6, 6.07) is 47.5. The molecule has 0 bridgehead atoms. The standard InChI is InChI=1S/C50H45NO.C14H20.C8H12.C2H6/c1-7-10-22-42-35(6)52-47-24-17-23-46(49(42)47)51(38-27-25-33(4)26-28-38)39-29-30-43-44(32-39)50(36-18-13-11-14-19-36,37-20-15-12-16-21-37)45-31-34(5)40(8-2)41(9-3)48(43)45;1-11-8-9-14(10-12(11)2)13-6-4-3-5-7-13;1-4-7-8(5-2)6-3;1-2/h8-16,18-23,25-32H,2-3,7,17,24H2,1,4-6H3;8-10,13H,3-7H2,1-2H3;4-5,7H,1-2,6H2,3H3;1-2H3/b22-10-;;8-7+;. The van der Waals surface area contributed by atoms with Crippen molar-refractivity contribution in [3.05, 3.63) is 274 Å². The van der Waals surface area contributed by atoms with Crippen molar-refractivity contribution in [3.8, 4) is 11.1 Å². The van der Waals surface area contributed by atoms with Crippen LogP contribution >= 0.6 is 0 Å². The van der Waals surface area contributed by atoms with Crippen LogP contribution in [0.4, 0.5) is 11.4 Å². The Hall–Kier alpha value is -7.42. The summed E-state index contributed by atoms with van der Waals surface area (Å²) in [4.78, 5) is 2.45. The zero-order valence-electron chi connectivity index (χ0n) is 47.4. The first-order chi connectivity index (χ1) is 37.0. The predicted octanol–water partition coefficient (Wildman–Crippen LogP) is 21.5. The molecule has 0 atom stereocenters. The van der Waals surface area contributed by atoms with Crippen molar-refractivity contribution >= 4 is 35.3 Å². The van der Waals surface area contributed by atoms with Gasteiger partial charge in [0.25, 0.3) is 0 Å². The highest BCUT2D eigenvalue weighted by atomic mass is 16.3. The molecule has 3 aliphatic carbocycles. The second kappa shape index (κ2) is 26.4. The lowest BCUT2D eigenvalue weighted by Gasteiger charge is -2.36. The highest BCUT2D eigenvalue weighted by Crippen LogP contribution is 2.59. The van der Waals surface area contributed by atoms with E-state index in [1.54, 1.807) is 11.6 Å². The van der Waals surface area contributed by atoms with Crippen LogP contribution < -0.4 is 4.90 Å². The first-order valence-corrected chi connectivity index (χ1v) is 28.1. The molecule has 1 heterocycles. The summed E-state index contributed by atoms with van der Waals surface area (Å²) in [5.74, 6) is 2.87. The quantitative estimate of drug-likeness (QED) is 0.107. The average molecular weight is 1000 g/mol. The molecule has 0 amide bonds. The van der Waals surface area contributed by atoms with Crippen molar-refractivity contribution in [3.63, 3.8) is 0 Å². The molecule has 0 unspecified atom stereocenters. The Bertz CT molecular complexity index is 3180. The lowest BCUT2D eigenvalue weighted by atomic mass is 9.67. The van der Waals surface area contributed by atoms with E-state index in [0.717, 1.165) is 71.3 Å². The van der Waals surface area contributed by atoms with Crippen LogP contribution in [0.1, 0.15) is 169 Å². The molecule has 0 saturated heterocycles. The molecule has 3 aliphatic rings. The number of furan rings is 1. The average Bonchev–Trinajstić information content (AvgIpc) is 4.18. The molecule has 1 aromatic heterocycles. The molecule has 0 spiro atoms. The van der Waals surface area contributed by atoms with Gasteiger partial charge in [-0.3, -0.25) is 0 Å². The van der Waals surface area contributed by atoms with E-state index in [0.29, 0.717) is 0 Å². The molecule has 0 radical (unpaired) electrons. The Labute approximate surface area is 458 Å². The van der Waals surface area contributed by atoms with E-state index in [9.17, 15) is 0 Å². The van der Waals surface area contributed by atoms with Crippen molar-refractivity contribution in [1.82, 2.24) is 0 Å². The van der Waals surface area contributed by atoms with Crippen molar-refractivity contribution in [2.24, 2.45) is 0 Å². The van der Waals surface area contributed by atoms with Gasteiger partial charge in [-0.1, -0.05) is 231 Å². The van der Waals surface area contributed by atoms with Gasteiger partial charge in [0, 0.05) is 28.9 Å². The first-order valence-electron chi connectivity index (χ1n) is 28.1. The predicted molar refractivity (Wildman–Crippen MR) is 333 cm³/mol. The Kier molecular flexibility index (Phi) is 19.5. The number of allylic oxidation sites excluding steroid dienone is 6. The van der Waals surface area contributed by atoms with Gasteiger partial charge in [-0.15, -0.1) is 0 Å². The zero-order valence-corrected chi connectivity index (χ0v) is 47.4. The molecule has 1 fully saturated rings. The second-order valence-electron chi connectivity index (χ2n) is 20.3. The molecule has 76 heavy (non-hydrogen) atoms. The van der Waals surface area contributed by atoms with Crippen molar-refractivity contribution in [2.45, 2.75) is 131 Å².